The number of hydrogen-bond donors (Lipinski definition) is 1. The van der Waals surface area contributed by atoms with Crippen LogP contribution in [0.3, 0.4) is 0 Å². The Bertz CT molecular complexity index is 169. The molecule has 0 amide bonds. The van der Waals surface area contributed by atoms with E-state index < -0.39 is 15.6 Å². The van der Waals surface area contributed by atoms with Gasteiger partial charge in [-0.3, -0.25) is 4.55 Å². The summed E-state index contributed by atoms with van der Waals surface area (Å²) < 4.78 is 67.2. The molecule has 9 heteroatoms. The Balaban J connectivity index is 0. The van der Waals surface area contributed by atoms with Gasteiger partial charge in [0.2, 0.25) is 0 Å². The maximum absolute atomic E-state index is 10.7. The molecule has 0 fully saturated rings. The minimum absolute atomic E-state index is 0.150. The molecule has 3 nitrogen and oxygen atoms in total. The quantitative estimate of drug-likeness (QED) is 0.294. The van der Waals surface area contributed by atoms with Crippen molar-refractivity contribution in [2.24, 2.45) is 0 Å². The van der Waals surface area contributed by atoms with E-state index in [-0.39, 0.29) is 23.6 Å². The van der Waals surface area contributed by atoms with Crippen LogP contribution in [0.1, 0.15) is 0 Å². The zero-order chi connectivity index (χ0) is 9.00. The second-order valence-corrected chi connectivity index (χ2v) is 2.33. The van der Waals surface area contributed by atoms with E-state index in [0.717, 1.165) is 0 Å². The van der Waals surface area contributed by atoms with Crippen molar-refractivity contribution in [1.29, 1.82) is 0 Å². The minimum atomic E-state index is -5.84. The van der Waals surface area contributed by atoms with E-state index in [4.69, 9.17) is 13.0 Å². The van der Waals surface area contributed by atoms with Crippen molar-refractivity contribution < 1.29 is 29.0 Å². The van der Waals surface area contributed by atoms with Crippen molar-refractivity contribution in [1.82, 2.24) is 0 Å². The third kappa shape index (κ3) is 5.25. The molecule has 10 heavy (non-hydrogen) atoms. The average Bonchev–Trinajstić information content (AvgIpc) is 1.66. The van der Waals surface area contributed by atoms with E-state index in [2.05, 4.69) is 0 Å². The van der Waals surface area contributed by atoms with Gasteiger partial charge in [-0.15, -0.1) is 0 Å². The van der Waals surface area contributed by atoms with Crippen LogP contribution in [0, 0.1) is 0 Å². The van der Waals surface area contributed by atoms with Gasteiger partial charge in [0.05, 0.1) is 0 Å². The van der Waals surface area contributed by atoms with Gasteiger partial charge in [-0.05, 0) is 0 Å². The summed E-state index contributed by atoms with van der Waals surface area (Å²) in [6, 6.07) is 0. The molecule has 0 unspecified atom stereocenters. The first-order chi connectivity index (χ1) is 4.25. The number of alkyl halides is 3. The zero-order valence-electron chi connectivity index (χ0n) is 4.26. The monoisotopic (exact) mass is 292 g/mol. The Morgan fingerprint density at radius 1 is 1.20 bits per heavy atom. The van der Waals surface area contributed by atoms with E-state index in [1.165, 1.54) is 0 Å². The van der Waals surface area contributed by atoms with Crippen molar-refractivity contribution in [3.8, 4) is 0 Å². The first kappa shape index (κ1) is 13.1. The van der Waals surface area contributed by atoms with Crippen LogP contribution in [0.2, 0.25) is 0 Å². The number of hydrogen-bond acceptors (Lipinski definition) is 2. The summed E-state index contributed by atoms with van der Waals surface area (Å²) in [5.41, 5.74) is -5.53. The van der Waals surface area contributed by atoms with Gasteiger partial charge in [0, 0.05) is 0 Å². The first-order valence-corrected chi connectivity index (χ1v) is 4.19. The van der Waals surface area contributed by atoms with Crippen LogP contribution < -0.4 is 0 Å². The topological polar surface area (TPSA) is 54.4 Å². The van der Waals surface area contributed by atoms with Crippen LogP contribution in [-0.4, -0.2) is 42.1 Å². The van der Waals surface area contributed by atoms with Gasteiger partial charge in [-0.1, -0.05) is 0 Å². The summed E-state index contributed by atoms with van der Waals surface area (Å²) in [7, 11) is -5.84. The molecule has 0 saturated carbocycles. The van der Waals surface area contributed by atoms with Gasteiger partial charge >= 0.3 is 42.0 Å². The predicted octanol–water partition coefficient (Wildman–Crippen LogP) is -0.102. The molecule has 0 radical (unpaired) electrons. The maximum atomic E-state index is 10.7. The molecule has 64 valence electrons. The van der Waals surface area contributed by atoms with Crippen molar-refractivity contribution in [2.75, 3.05) is 0 Å². The van der Waals surface area contributed by atoms with Gasteiger partial charge < -0.3 is 0 Å². The normalized spacial score (nSPS) is 11.8. The number of halogens is 4. The summed E-state index contributed by atoms with van der Waals surface area (Å²) in [5, 5.41) is 0. The molecular weight excluding hydrogens is 290 g/mol. The molecule has 0 aromatic heterocycles. The molecule has 0 aliphatic rings. The summed E-state index contributed by atoms with van der Waals surface area (Å²) in [5.74, 6) is 0. The van der Waals surface area contributed by atoms with Crippen molar-refractivity contribution >= 4 is 33.7 Å². The van der Waals surface area contributed by atoms with Crippen LogP contribution in [-0.2, 0) is 10.1 Å². The fraction of sp³-hybridized carbons (Fsp3) is 1.00. The standard InChI is InChI=1S/CHF3O3S.FH.Sb.2H/c2-1(3,4)8(5,6)7;;;;/h(H,5,6,7);1H;;;/q;;+1;;/p-1. The third-order valence-corrected chi connectivity index (χ3v) is 0.877. The molecule has 1 N–H and O–H groups in total. The molecule has 0 spiro atoms. The van der Waals surface area contributed by atoms with E-state index in [0.29, 0.717) is 0 Å². The Morgan fingerprint density at radius 3 is 1.30 bits per heavy atom. The summed E-state index contributed by atoms with van der Waals surface area (Å²) in [6.45, 7) is 0. The molecule has 0 rings (SSSR count). The van der Waals surface area contributed by atoms with Gasteiger partial charge in [-0.2, -0.15) is 21.6 Å². The second-order valence-electron chi connectivity index (χ2n) is 0.921. The molecule has 0 bridgehead atoms. The second kappa shape index (κ2) is 4.35. The van der Waals surface area contributed by atoms with E-state index in [9.17, 15) is 16.0 Å². The van der Waals surface area contributed by atoms with E-state index in [1.807, 2.05) is 0 Å². The number of rotatable bonds is 0. The molecule has 0 aliphatic heterocycles. The summed E-state index contributed by atoms with van der Waals surface area (Å²) in [4.78, 5) is 0. The Kier molecular flexibility index (Phi) is 5.69. The predicted molar refractivity (Wildman–Crippen MR) is 27.3 cm³/mol. The molecule has 0 aliphatic carbocycles. The Hall–Kier alpha value is 0.448. The van der Waals surface area contributed by atoms with Crippen LogP contribution in [0.5, 0.6) is 0 Å². The van der Waals surface area contributed by atoms with Gasteiger partial charge in [0.1, 0.15) is 0 Å². The van der Waals surface area contributed by atoms with Crippen LogP contribution in [0.25, 0.3) is 0 Å². The summed E-state index contributed by atoms with van der Waals surface area (Å²) >= 11 is -0.150. The Morgan fingerprint density at radius 2 is 1.30 bits per heavy atom. The fourth-order valence-electron chi connectivity index (χ4n) is 0. The molecule has 0 saturated heterocycles. The first-order valence-electron chi connectivity index (χ1n) is 1.51. The molecule has 0 atom stereocenters. The van der Waals surface area contributed by atoms with Crippen LogP contribution in [0.15, 0.2) is 0 Å². The van der Waals surface area contributed by atoms with Crippen molar-refractivity contribution in [3.05, 3.63) is 0 Å². The van der Waals surface area contributed by atoms with Gasteiger partial charge in [0.25, 0.3) is 0 Å². The molecular formula is CH3F4O3SSb. The van der Waals surface area contributed by atoms with E-state index >= 15 is 0 Å². The van der Waals surface area contributed by atoms with Crippen LogP contribution in [0.4, 0.5) is 16.0 Å². The van der Waals surface area contributed by atoms with Crippen molar-refractivity contribution in [2.45, 2.75) is 5.51 Å². The van der Waals surface area contributed by atoms with Gasteiger partial charge in [-0.25, -0.2) is 0 Å². The Labute approximate surface area is 68.4 Å². The fourth-order valence-corrected chi connectivity index (χ4v) is 0. The average molecular weight is 293 g/mol. The van der Waals surface area contributed by atoms with Gasteiger partial charge in [0.15, 0.2) is 0 Å². The van der Waals surface area contributed by atoms with E-state index in [1.54, 1.807) is 0 Å². The molecule has 0 aromatic carbocycles. The zero-order valence-corrected chi connectivity index (χ0v) is 8.37. The SMILES string of the molecule is O=S(=O)(O)C(F)(F)F.[F][SbH2]. The third-order valence-electron chi connectivity index (χ3n) is 0.292. The molecule has 0 heterocycles. The van der Waals surface area contributed by atoms with Crippen LogP contribution >= 0.6 is 0 Å². The van der Waals surface area contributed by atoms with Crippen molar-refractivity contribution in [3.63, 3.8) is 0 Å². The molecule has 0 aromatic rings. The summed E-state index contributed by atoms with van der Waals surface area (Å²) in [6.07, 6.45) is 0.